The molecule has 5 nitrogen and oxygen atoms in total. The number of aromatic nitrogens is 2. The van der Waals surface area contributed by atoms with Gasteiger partial charge in [0.25, 0.3) is 11.5 Å². The summed E-state index contributed by atoms with van der Waals surface area (Å²) >= 11 is 0. The van der Waals surface area contributed by atoms with Crippen molar-refractivity contribution in [3.8, 4) is 0 Å². The topological polar surface area (TPSA) is 64.0 Å². The number of aryl methyl sites for hydroxylation is 1. The largest absolute Gasteiger partial charge is 0.348 e. The van der Waals surface area contributed by atoms with E-state index < -0.39 is 18.1 Å². The maximum absolute atomic E-state index is 13.0. The second-order valence-corrected chi connectivity index (χ2v) is 6.14. The number of nitrogens with one attached hydrogen (secondary N) is 1. The maximum Gasteiger partial charge on any atom is 0.265 e. The number of hydrogen-bond acceptors (Lipinski definition) is 3. The van der Waals surface area contributed by atoms with Gasteiger partial charge >= 0.3 is 0 Å². The first kappa shape index (κ1) is 18.7. The van der Waals surface area contributed by atoms with Crippen molar-refractivity contribution in [2.24, 2.45) is 0 Å². The molecule has 0 aliphatic heterocycles. The Kier molecular flexibility index (Phi) is 5.90. The van der Waals surface area contributed by atoms with Gasteiger partial charge in [-0.2, -0.15) is 0 Å². The highest BCUT2D eigenvalue weighted by atomic mass is 19.1. The summed E-state index contributed by atoms with van der Waals surface area (Å²) in [5.41, 5.74) is 0.724. The lowest BCUT2D eigenvalue weighted by Crippen LogP contribution is -2.33. The van der Waals surface area contributed by atoms with Crippen LogP contribution in [0.1, 0.15) is 28.8 Å². The van der Waals surface area contributed by atoms with E-state index in [1.807, 2.05) is 0 Å². The molecule has 0 spiro atoms. The Balaban J connectivity index is 1.88. The number of halogens is 2. The predicted octanol–water partition coefficient (Wildman–Crippen LogP) is 3.22. The molecule has 0 bridgehead atoms. The third-order valence-corrected chi connectivity index (χ3v) is 4.22. The van der Waals surface area contributed by atoms with Gasteiger partial charge in [-0.05, 0) is 48.7 Å². The van der Waals surface area contributed by atoms with Gasteiger partial charge in [-0.25, -0.2) is 9.37 Å². The molecule has 3 rings (SSSR count). The number of amides is 1. The third-order valence-electron chi connectivity index (χ3n) is 4.22. The summed E-state index contributed by atoms with van der Waals surface area (Å²) < 4.78 is 26.8. The van der Waals surface area contributed by atoms with Crippen molar-refractivity contribution in [1.29, 1.82) is 0 Å². The van der Waals surface area contributed by atoms with Crippen LogP contribution in [-0.4, -0.2) is 22.1 Å². The Hall–Kier alpha value is -3.09. The Bertz CT molecular complexity index is 1000. The molecular formula is C20H19F2N3O2. The molecule has 2 heterocycles. The number of carbonyl (C=O) groups is 1. The molecule has 1 N–H and O–H groups in total. The zero-order valence-electron chi connectivity index (χ0n) is 14.6. The first-order valence-electron chi connectivity index (χ1n) is 8.67. The van der Waals surface area contributed by atoms with Crippen molar-refractivity contribution in [2.45, 2.75) is 25.9 Å². The van der Waals surface area contributed by atoms with Gasteiger partial charge in [0.15, 0.2) is 0 Å². The van der Waals surface area contributed by atoms with E-state index in [0.717, 1.165) is 5.56 Å². The number of hydrogen-bond donors (Lipinski definition) is 1. The highest BCUT2D eigenvalue weighted by Gasteiger charge is 2.16. The normalized spacial score (nSPS) is 10.9. The molecule has 0 fully saturated rings. The van der Waals surface area contributed by atoms with Crippen molar-refractivity contribution in [3.05, 3.63) is 76.0 Å². The summed E-state index contributed by atoms with van der Waals surface area (Å²) in [5.74, 6) is -0.877. The number of unbranched alkanes of at least 4 members (excludes halogenated alkanes) is 1. The minimum atomic E-state index is -0.519. The number of carbonyl (C=O) groups excluding carboxylic acids is 1. The smallest absolute Gasteiger partial charge is 0.265 e. The second-order valence-electron chi connectivity index (χ2n) is 6.14. The van der Waals surface area contributed by atoms with Crippen molar-refractivity contribution in [3.63, 3.8) is 0 Å². The number of pyridine rings is 2. The van der Waals surface area contributed by atoms with Crippen LogP contribution in [0.2, 0.25) is 0 Å². The highest BCUT2D eigenvalue weighted by Crippen LogP contribution is 2.12. The third kappa shape index (κ3) is 4.36. The van der Waals surface area contributed by atoms with Gasteiger partial charge in [-0.1, -0.05) is 12.1 Å². The van der Waals surface area contributed by atoms with Gasteiger partial charge < -0.3 is 5.32 Å². The maximum atomic E-state index is 13.0. The zero-order chi connectivity index (χ0) is 19.2. The minimum absolute atomic E-state index is 0.00198. The second kappa shape index (κ2) is 8.53. The summed E-state index contributed by atoms with van der Waals surface area (Å²) in [6.07, 6.45) is 2.38. The summed E-state index contributed by atoms with van der Waals surface area (Å²) in [7, 11) is 0. The summed E-state index contributed by atoms with van der Waals surface area (Å²) in [4.78, 5) is 29.6. The van der Waals surface area contributed by atoms with Crippen molar-refractivity contribution in [2.75, 3.05) is 6.67 Å². The van der Waals surface area contributed by atoms with Crippen LogP contribution >= 0.6 is 0 Å². The van der Waals surface area contributed by atoms with E-state index in [1.54, 1.807) is 30.5 Å². The monoisotopic (exact) mass is 371 g/mol. The lowest BCUT2D eigenvalue weighted by molar-refractivity contribution is 0.0949. The van der Waals surface area contributed by atoms with E-state index in [1.165, 1.54) is 22.8 Å². The van der Waals surface area contributed by atoms with Crippen LogP contribution < -0.4 is 10.9 Å². The molecule has 140 valence electrons. The van der Waals surface area contributed by atoms with E-state index >= 15 is 0 Å². The quantitative estimate of drug-likeness (QED) is 0.649. The number of nitrogens with zero attached hydrogens (tertiary/aromatic N) is 2. The molecule has 7 heteroatoms. The molecule has 0 atom stereocenters. The van der Waals surface area contributed by atoms with Crippen LogP contribution in [0, 0.1) is 5.82 Å². The molecular weight excluding hydrogens is 352 g/mol. The summed E-state index contributed by atoms with van der Waals surface area (Å²) in [6, 6.07) is 10.7. The Labute approximate surface area is 154 Å². The highest BCUT2D eigenvalue weighted by molar-refractivity contribution is 5.96. The first-order chi connectivity index (χ1) is 13.1. The number of rotatable bonds is 7. The fraction of sp³-hybridized carbons (Fsp3) is 0.250. The molecule has 27 heavy (non-hydrogen) atoms. The molecule has 3 aromatic rings. The lowest BCUT2D eigenvalue weighted by Gasteiger charge is -2.12. The fourth-order valence-corrected chi connectivity index (χ4v) is 2.82. The van der Waals surface area contributed by atoms with E-state index in [2.05, 4.69) is 10.3 Å². The molecule has 0 radical (unpaired) electrons. The van der Waals surface area contributed by atoms with E-state index in [4.69, 9.17) is 0 Å². The minimum Gasteiger partial charge on any atom is -0.348 e. The molecule has 0 aliphatic carbocycles. The van der Waals surface area contributed by atoms with E-state index in [-0.39, 0.29) is 24.5 Å². The van der Waals surface area contributed by atoms with Crippen LogP contribution in [0.15, 0.2) is 53.5 Å². The van der Waals surface area contributed by atoms with Gasteiger partial charge in [0.1, 0.15) is 17.0 Å². The summed E-state index contributed by atoms with van der Waals surface area (Å²) in [5, 5.41) is 3.34. The molecule has 0 aliphatic rings. The Morgan fingerprint density at radius 2 is 1.93 bits per heavy atom. The number of alkyl halides is 1. The Morgan fingerprint density at radius 3 is 2.67 bits per heavy atom. The molecule has 1 amide bonds. The number of fused-ring (bicyclic) bond motifs is 1. The zero-order valence-corrected chi connectivity index (χ0v) is 14.6. The van der Waals surface area contributed by atoms with Crippen molar-refractivity contribution >= 4 is 16.9 Å². The predicted molar refractivity (Wildman–Crippen MR) is 98.8 cm³/mol. The van der Waals surface area contributed by atoms with Gasteiger partial charge in [0, 0.05) is 24.7 Å². The average molecular weight is 371 g/mol. The van der Waals surface area contributed by atoms with Gasteiger partial charge in [-0.3, -0.25) is 18.5 Å². The van der Waals surface area contributed by atoms with Crippen LogP contribution in [0.3, 0.4) is 0 Å². The van der Waals surface area contributed by atoms with Gasteiger partial charge in [0.05, 0.1) is 6.67 Å². The molecule has 1 aromatic carbocycles. The fourth-order valence-electron chi connectivity index (χ4n) is 2.82. The van der Waals surface area contributed by atoms with E-state index in [9.17, 15) is 18.4 Å². The van der Waals surface area contributed by atoms with Crippen LogP contribution in [-0.2, 0) is 13.1 Å². The van der Waals surface area contributed by atoms with Crippen LogP contribution in [0.25, 0.3) is 11.0 Å². The lowest BCUT2D eigenvalue weighted by atomic mass is 10.1. The Morgan fingerprint density at radius 1 is 1.15 bits per heavy atom. The molecule has 0 saturated carbocycles. The van der Waals surface area contributed by atoms with Crippen LogP contribution in [0.4, 0.5) is 8.78 Å². The number of benzene rings is 1. The van der Waals surface area contributed by atoms with Gasteiger partial charge in [0.2, 0.25) is 0 Å². The first-order valence-corrected chi connectivity index (χ1v) is 8.67. The average Bonchev–Trinajstić information content (AvgIpc) is 2.69. The molecule has 2 aromatic heterocycles. The van der Waals surface area contributed by atoms with E-state index in [0.29, 0.717) is 23.9 Å². The van der Waals surface area contributed by atoms with Gasteiger partial charge in [-0.15, -0.1) is 0 Å². The molecule has 0 saturated heterocycles. The molecule has 0 unspecified atom stereocenters. The summed E-state index contributed by atoms with van der Waals surface area (Å²) in [6.45, 7) is -0.00120. The van der Waals surface area contributed by atoms with Crippen molar-refractivity contribution < 1.29 is 13.6 Å². The standard InChI is InChI=1S/C20H19F2N3O2/c21-9-1-2-11-25-18-15(4-3-10-23-18)12-17(20(25)27)19(26)24-13-14-5-7-16(22)8-6-14/h3-8,10,12H,1-2,9,11,13H2,(H,24,26). The van der Waals surface area contributed by atoms with Crippen molar-refractivity contribution in [1.82, 2.24) is 14.9 Å². The SMILES string of the molecule is O=C(NCc1ccc(F)cc1)c1cc2cccnc2n(CCCCF)c1=O. The van der Waals surface area contributed by atoms with Crippen LogP contribution in [0.5, 0.6) is 0 Å².